The first-order valence-corrected chi connectivity index (χ1v) is 4.31. The Morgan fingerprint density at radius 3 is 3.15 bits per heavy atom. The summed E-state index contributed by atoms with van der Waals surface area (Å²) in [4.78, 5) is 0. The van der Waals surface area contributed by atoms with E-state index in [4.69, 9.17) is 5.73 Å². The Labute approximate surface area is 76.4 Å². The SMILES string of the molecule is CC(N)Cc1cccc2cnnn12. The van der Waals surface area contributed by atoms with E-state index in [-0.39, 0.29) is 6.04 Å². The molecule has 0 saturated carbocycles. The monoisotopic (exact) mass is 176 g/mol. The molecular formula is C9H12N4. The number of nitrogens with zero attached hydrogens (tertiary/aromatic N) is 3. The van der Waals surface area contributed by atoms with Crippen molar-refractivity contribution in [3.05, 3.63) is 30.1 Å². The van der Waals surface area contributed by atoms with Crippen LogP contribution in [-0.2, 0) is 6.42 Å². The van der Waals surface area contributed by atoms with Crippen LogP contribution in [-0.4, -0.2) is 20.9 Å². The molecule has 0 bridgehead atoms. The van der Waals surface area contributed by atoms with Crippen LogP contribution in [0.1, 0.15) is 12.6 Å². The highest BCUT2D eigenvalue weighted by Crippen LogP contribution is 2.06. The van der Waals surface area contributed by atoms with Crippen molar-refractivity contribution in [1.29, 1.82) is 0 Å². The third-order valence-electron chi connectivity index (χ3n) is 1.93. The third-order valence-corrected chi connectivity index (χ3v) is 1.93. The van der Waals surface area contributed by atoms with Crippen molar-refractivity contribution in [3.63, 3.8) is 0 Å². The van der Waals surface area contributed by atoms with Gasteiger partial charge in [-0.1, -0.05) is 11.3 Å². The Bertz CT molecular complexity index is 405. The van der Waals surface area contributed by atoms with Gasteiger partial charge in [-0.3, -0.25) is 0 Å². The molecule has 0 fully saturated rings. The van der Waals surface area contributed by atoms with Crippen molar-refractivity contribution >= 4 is 5.52 Å². The summed E-state index contributed by atoms with van der Waals surface area (Å²) >= 11 is 0. The Hall–Kier alpha value is -1.42. The molecule has 4 heteroatoms. The number of fused-ring (bicyclic) bond motifs is 1. The maximum Gasteiger partial charge on any atom is 0.0868 e. The van der Waals surface area contributed by atoms with Crippen LogP contribution < -0.4 is 5.73 Å². The molecule has 0 radical (unpaired) electrons. The average molecular weight is 176 g/mol. The lowest BCUT2D eigenvalue weighted by atomic mass is 10.2. The second-order valence-electron chi connectivity index (χ2n) is 3.27. The van der Waals surface area contributed by atoms with E-state index in [0.717, 1.165) is 17.6 Å². The van der Waals surface area contributed by atoms with Crippen molar-refractivity contribution < 1.29 is 0 Å². The van der Waals surface area contributed by atoms with Crippen molar-refractivity contribution in [1.82, 2.24) is 14.8 Å². The van der Waals surface area contributed by atoms with Gasteiger partial charge in [0.05, 0.1) is 11.7 Å². The molecule has 4 nitrogen and oxygen atoms in total. The van der Waals surface area contributed by atoms with Crippen LogP contribution in [0.25, 0.3) is 5.52 Å². The summed E-state index contributed by atoms with van der Waals surface area (Å²) in [5, 5.41) is 7.82. The molecule has 1 atom stereocenters. The second kappa shape index (κ2) is 3.14. The molecular weight excluding hydrogens is 164 g/mol. The van der Waals surface area contributed by atoms with E-state index < -0.39 is 0 Å². The summed E-state index contributed by atoms with van der Waals surface area (Å²) < 4.78 is 1.82. The predicted octanol–water partition coefficient (Wildman–Crippen LogP) is 0.619. The second-order valence-corrected chi connectivity index (χ2v) is 3.27. The van der Waals surface area contributed by atoms with Crippen LogP contribution in [0.15, 0.2) is 24.4 Å². The normalized spacial score (nSPS) is 13.4. The zero-order valence-electron chi connectivity index (χ0n) is 7.51. The Kier molecular flexibility index (Phi) is 1.98. The molecule has 0 saturated heterocycles. The molecule has 0 spiro atoms. The summed E-state index contributed by atoms with van der Waals surface area (Å²) in [6.45, 7) is 1.98. The molecule has 2 heterocycles. The van der Waals surface area contributed by atoms with Gasteiger partial charge in [-0.05, 0) is 19.1 Å². The van der Waals surface area contributed by atoms with Gasteiger partial charge in [0.2, 0.25) is 0 Å². The maximum atomic E-state index is 5.72. The number of aromatic nitrogens is 3. The third kappa shape index (κ3) is 1.53. The van der Waals surface area contributed by atoms with Gasteiger partial charge in [0, 0.05) is 18.2 Å². The summed E-state index contributed by atoms with van der Waals surface area (Å²) in [6, 6.07) is 6.14. The summed E-state index contributed by atoms with van der Waals surface area (Å²) in [5.41, 5.74) is 7.84. The number of rotatable bonds is 2. The van der Waals surface area contributed by atoms with E-state index in [1.807, 2.05) is 29.6 Å². The number of pyridine rings is 1. The van der Waals surface area contributed by atoms with Crippen LogP contribution in [0.3, 0.4) is 0 Å². The van der Waals surface area contributed by atoms with Gasteiger partial charge in [0.1, 0.15) is 0 Å². The lowest BCUT2D eigenvalue weighted by molar-refractivity contribution is 0.687. The molecule has 1 unspecified atom stereocenters. The number of hydrogen-bond donors (Lipinski definition) is 1. The maximum absolute atomic E-state index is 5.72. The van der Waals surface area contributed by atoms with E-state index in [0.29, 0.717) is 0 Å². The van der Waals surface area contributed by atoms with Crippen LogP contribution in [0, 0.1) is 0 Å². The fourth-order valence-corrected chi connectivity index (χ4v) is 1.39. The minimum absolute atomic E-state index is 0.148. The first-order valence-electron chi connectivity index (χ1n) is 4.31. The van der Waals surface area contributed by atoms with Crippen molar-refractivity contribution in [2.24, 2.45) is 5.73 Å². The Morgan fingerprint density at radius 2 is 2.38 bits per heavy atom. The van der Waals surface area contributed by atoms with E-state index in [2.05, 4.69) is 10.3 Å². The molecule has 0 aliphatic carbocycles. The van der Waals surface area contributed by atoms with Crippen LogP contribution in [0.4, 0.5) is 0 Å². The summed E-state index contributed by atoms with van der Waals surface area (Å²) in [5.74, 6) is 0. The molecule has 0 amide bonds. The Balaban J connectivity index is 2.48. The van der Waals surface area contributed by atoms with Gasteiger partial charge in [-0.15, -0.1) is 5.10 Å². The first-order chi connectivity index (χ1) is 6.27. The van der Waals surface area contributed by atoms with Crippen molar-refractivity contribution in [2.45, 2.75) is 19.4 Å². The molecule has 2 N–H and O–H groups in total. The molecule has 2 rings (SSSR count). The first kappa shape index (κ1) is 8.19. The van der Waals surface area contributed by atoms with Gasteiger partial charge in [0.25, 0.3) is 0 Å². The summed E-state index contributed by atoms with van der Waals surface area (Å²) in [6.07, 6.45) is 2.56. The van der Waals surface area contributed by atoms with Gasteiger partial charge >= 0.3 is 0 Å². The minimum Gasteiger partial charge on any atom is -0.328 e. The predicted molar refractivity (Wildman–Crippen MR) is 50.3 cm³/mol. The van der Waals surface area contributed by atoms with Crippen LogP contribution in [0.2, 0.25) is 0 Å². The minimum atomic E-state index is 0.148. The van der Waals surface area contributed by atoms with E-state index in [1.165, 1.54) is 0 Å². The van der Waals surface area contributed by atoms with E-state index >= 15 is 0 Å². The average Bonchev–Trinajstić information content (AvgIpc) is 2.51. The highest BCUT2D eigenvalue weighted by molar-refractivity contribution is 5.44. The molecule has 0 aromatic carbocycles. The lowest BCUT2D eigenvalue weighted by Gasteiger charge is -2.06. The van der Waals surface area contributed by atoms with Crippen LogP contribution >= 0.6 is 0 Å². The quantitative estimate of drug-likeness (QED) is 0.729. The molecule has 13 heavy (non-hydrogen) atoms. The number of nitrogens with two attached hydrogens (primary N) is 1. The van der Waals surface area contributed by atoms with Crippen LogP contribution in [0.5, 0.6) is 0 Å². The lowest BCUT2D eigenvalue weighted by Crippen LogP contribution is -2.19. The van der Waals surface area contributed by atoms with Gasteiger partial charge < -0.3 is 5.73 Å². The van der Waals surface area contributed by atoms with Gasteiger partial charge in [0.15, 0.2) is 0 Å². The molecule has 2 aromatic heterocycles. The zero-order chi connectivity index (χ0) is 9.26. The fourth-order valence-electron chi connectivity index (χ4n) is 1.39. The zero-order valence-corrected chi connectivity index (χ0v) is 7.51. The van der Waals surface area contributed by atoms with Gasteiger partial charge in [-0.25, -0.2) is 4.52 Å². The standard InChI is InChI=1S/C9H12N4/c1-7(10)5-8-3-2-4-9-6-11-12-13(8)9/h2-4,6-7H,5,10H2,1H3. The summed E-state index contributed by atoms with van der Waals surface area (Å²) in [7, 11) is 0. The van der Waals surface area contributed by atoms with E-state index in [9.17, 15) is 0 Å². The van der Waals surface area contributed by atoms with E-state index in [1.54, 1.807) is 6.20 Å². The topological polar surface area (TPSA) is 56.2 Å². The highest BCUT2D eigenvalue weighted by atomic mass is 15.4. The molecule has 0 aliphatic heterocycles. The van der Waals surface area contributed by atoms with Crippen molar-refractivity contribution in [2.75, 3.05) is 0 Å². The van der Waals surface area contributed by atoms with Crippen molar-refractivity contribution in [3.8, 4) is 0 Å². The fraction of sp³-hybridized carbons (Fsp3) is 0.333. The molecule has 2 aromatic rings. The number of hydrogen-bond acceptors (Lipinski definition) is 3. The highest BCUT2D eigenvalue weighted by Gasteiger charge is 2.03. The largest absolute Gasteiger partial charge is 0.328 e. The Morgan fingerprint density at radius 1 is 1.54 bits per heavy atom. The smallest absolute Gasteiger partial charge is 0.0868 e. The molecule has 0 aliphatic rings. The van der Waals surface area contributed by atoms with Gasteiger partial charge in [-0.2, -0.15) is 0 Å². The molecule has 68 valence electrons.